The fourth-order valence-electron chi connectivity index (χ4n) is 1.09. The summed E-state index contributed by atoms with van der Waals surface area (Å²) in [5.74, 6) is 0.216. The molecule has 1 rings (SSSR count). The maximum Gasteiger partial charge on any atom is 0.121 e. The van der Waals surface area contributed by atoms with Gasteiger partial charge in [0.15, 0.2) is 0 Å². The third-order valence-corrected chi connectivity index (χ3v) is 1.96. The van der Waals surface area contributed by atoms with Crippen LogP contribution in [0.15, 0.2) is 24.8 Å². The van der Waals surface area contributed by atoms with Crippen molar-refractivity contribution in [2.24, 2.45) is 5.73 Å². The van der Waals surface area contributed by atoms with Crippen LogP contribution in [0, 0.1) is 6.92 Å². The van der Waals surface area contributed by atoms with Crippen LogP contribution in [-0.4, -0.2) is 10.2 Å². The largest absolute Gasteiger partial charge is 0.508 e. The fourth-order valence-corrected chi connectivity index (χ4v) is 1.09. The van der Waals surface area contributed by atoms with E-state index in [1.54, 1.807) is 6.92 Å². The second-order valence-electron chi connectivity index (χ2n) is 2.96. The Hall–Kier alpha value is -1.48. The first-order valence-corrected chi connectivity index (χ1v) is 3.97. The molecule has 0 amide bonds. The summed E-state index contributed by atoms with van der Waals surface area (Å²) in [4.78, 5) is 0. The molecule has 13 heavy (non-hydrogen) atoms. The fraction of sp³-hybridized carbons (Fsp3) is 0.200. The van der Waals surface area contributed by atoms with Gasteiger partial charge in [-0.15, -0.1) is 6.58 Å². The molecule has 0 unspecified atom stereocenters. The lowest BCUT2D eigenvalue weighted by atomic mass is 10.0. The van der Waals surface area contributed by atoms with Gasteiger partial charge in [-0.2, -0.15) is 0 Å². The Kier molecular flexibility index (Phi) is 2.58. The van der Waals surface area contributed by atoms with Gasteiger partial charge in [-0.1, -0.05) is 6.08 Å². The minimum atomic E-state index is -0.452. The molecule has 4 N–H and O–H groups in total. The Morgan fingerprint density at radius 2 is 2.00 bits per heavy atom. The van der Waals surface area contributed by atoms with E-state index >= 15 is 0 Å². The van der Waals surface area contributed by atoms with Crippen molar-refractivity contribution in [1.82, 2.24) is 0 Å². The van der Waals surface area contributed by atoms with E-state index in [4.69, 9.17) is 5.73 Å². The van der Waals surface area contributed by atoms with Crippen LogP contribution in [0.2, 0.25) is 0 Å². The van der Waals surface area contributed by atoms with Crippen molar-refractivity contribution >= 4 is 0 Å². The third kappa shape index (κ3) is 1.81. The first-order chi connectivity index (χ1) is 6.06. The van der Waals surface area contributed by atoms with Gasteiger partial charge in [0.25, 0.3) is 0 Å². The molecule has 0 saturated carbocycles. The maximum absolute atomic E-state index is 9.48. The van der Waals surface area contributed by atoms with Crippen molar-refractivity contribution in [3.8, 4) is 11.5 Å². The van der Waals surface area contributed by atoms with Crippen molar-refractivity contribution in [3.63, 3.8) is 0 Å². The molecule has 70 valence electrons. The number of benzene rings is 1. The number of aromatic hydroxyl groups is 2. The van der Waals surface area contributed by atoms with Crippen LogP contribution in [0.1, 0.15) is 17.2 Å². The number of phenols is 2. The van der Waals surface area contributed by atoms with Crippen LogP contribution in [-0.2, 0) is 0 Å². The Balaban J connectivity index is 3.22. The molecule has 0 fully saturated rings. The predicted octanol–water partition coefficient (Wildman–Crippen LogP) is 1.59. The summed E-state index contributed by atoms with van der Waals surface area (Å²) < 4.78 is 0. The van der Waals surface area contributed by atoms with Crippen molar-refractivity contribution in [2.45, 2.75) is 13.0 Å². The lowest BCUT2D eigenvalue weighted by Crippen LogP contribution is -2.06. The molecular weight excluding hydrogens is 166 g/mol. The highest BCUT2D eigenvalue weighted by molar-refractivity contribution is 5.46. The summed E-state index contributed by atoms with van der Waals surface area (Å²) in [7, 11) is 0. The summed E-state index contributed by atoms with van der Waals surface area (Å²) >= 11 is 0. The first kappa shape index (κ1) is 9.61. The summed E-state index contributed by atoms with van der Waals surface area (Å²) in [5.41, 5.74) is 6.73. The Labute approximate surface area is 77.1 Å². The molecule has 0 aliphatic heterocycles. The standard InChI is InChI=1S/C10H13NO2/c1-3-8(11)7-5-9(12)6(2)4-10(7)13/h3-5,8,12-13H,1,11H2,2H3/t8-/m1/s1. The molecule has 0 heterocycles. The molecule has 3 heteroatoms. The smallest absolute Gasteiger partial charge is 0.121 e. The molecule has 0 aromatic heterocycles. The average Bonchev–Trinajstić information content (AvgIpc) is 2.10. The quantitative estimate of drug-likeness (QED) is 0.477. The molecular formula is C10H13NO2. The zero-order valence-corrected chi connectivity index (χ0v) is 7.49. The number of nitrogens with two attached hydrogens (primary N) is 1. The lowest BCUT2D eigenvalue weighted by Gasteiger charge is -2.10. The summed E-state index contributed by atoms with van der Waals surface area (Å²) in [6.45, 7) is 5.22. The molecule has 0 aliphatic carbocycles. The molecule has 0 aliphatic rings. The third-order valence-electron chi connectivity index (χ3n) is 1.96. The zero-order chi connectivity index (χ0) is 10.0. The number of hydrogen-bond donors (Lipinski definition) is 3. The number of hydrogen-bond acceptors (Lipinski definition) is 3. The topological polar surface area (TPSA) is 66.5 Å². The van der Waals surface area contributed by atoms with Gasteiger partial charge in [-0.3, -0.25) is 0 Å². The van der Waals surface area contributed by atoms with Crippen molar-refractivity contribution in [2.75, 3.05) is 0 Å². The van der Waals surface area contributed by atoms with Crippen LogP contribution in [0.5, 0.6) is 11.5 Å². The predicted molar refractivity (Wildman–Crippen MR) is 51.6 cm³/mol. The van der Waals surface area contributed by atoms with Gasteiger partial charge in [-0.05, 0) is 24.6 Å². The van der Waals surface area contributed by atoms with Crippen LogP contribution in [0.4, 0.5) is 0 Å². The Bertz CT molecular complexity index is 334. The number of aryl methyl sites for hydroxylation is 1. The van der Waals surface area contributed by atoms with Gasteiger partial charge in [0.1, 0.15) is 11.5 Å². The van der Waals surface area contributed by atoms with Gasteiger partial charge < -0.3 is 15.9 Å². The Morgan fingerprint density at radius 1 is 1.38 bits per heavy atom. The minimum absolute atomic E-state index is 0.0858. The van der Waals surface area contributed by atoms with E-state index in [-0.39, 0.29) is 11.5 Å². The van der Waals surface area contributed by atoms with E-state index < -0.39 is 6.04 Å². The van der Waals surface area contributed by atoms with Gasteiger partial charge >= 0.3 is 0 Å². The van der Waals surface area contributed by atoms with E-state index in [0.29, 0.717) is 11.1 Å². The molecule has 3 nitrogen and oxygen atoms in total. The second-order valence-corrected chi connectivity index (χ2v) is 2.96. The van der Waals surface area contributed by atoms with Crippen molar-refractivity contribution < 1.29 is 10.2 Å². The van der Waals surface area contributed by atoms with Crippen LogP contribution >= 0.6 is 0 Å². The minimum Gasteiger partial charge on any atom is -0.508 e. The monoisotopic (exact) mass is 179 g/mol. The van der Waals surface area contributed by atoms with Crippen LogP contribution in [0.25, 0.3) is 0 Å². The Morgan fingerprint density at radius 3 is 2.54 bits per heavy atom. The molecule has 0 saturated heterocycles. The average molecular weight is 179 g/mol. The summed E-state index contributed by atoms with van der Waals surface area (Å²) in [5, 5.41) is 18.8. The molecule has 1 aromatic rings. The molecule has 1 atom stereocenters. The zero-order valence-electron chi connectivity index (χ0n) is 7.49. The molecule has 0 spiro atoms. The van der Waals surface area contributed by atoms with E-state index in [0.717, 1.165) is 0 Å². The summed E-state index contributed by atoms with van der Waals surface area (Å²) in [6.07, 6.45) is 1.50. The second kappa shape index (κ2) is 3.49. The van der Waals surface area contributed by atoms with E-state index in [1.165, 1.54) is 18.2 Å². The van der Waals surface area contributed by atoms with Gasteiger partial charge in [0.05, 0.1) is 6.04 Å². The molecule has 0 bridgehead atoms. The van der Waals surface area contributed by atoms with E-state index in [1.807, 2.05) is 0 Å². The first-order valence-electron chi connectivity index (χ1n) is 3.97. The van der Waals surface area contributed by atoms with Crippen molar-refractivity contribution in [1.29, 1.82) is 0 Å². The molecule has 1 aromatic carbocycles. The summed E-state index contributed by atoms with van der Waals surface area (Å²) in [6, 6.07) is 2.48. The van der Waals surface area contributed by atoms with E-state index in [2.05, 4.69) is 6.58 Å². The van der Waals surface area contributed by atoms with Crippen LogP contribution in [0.3, 0.4) is 0 Å². The maximum atomic E-state index is 9.48. The van der Waals surface area contributed by atoms with E-state index in [9.17, 15) is 10.2 Å². The van der Waals surface area contributed by atoms with Gasteiger partial charge in [0, 0.05) is 5.56 Å². The number of phenolic OH excluding ortho intramolecular Hbond substituents is 2. The molecule has 0 radical (unpaired) electrons. The highest BCUT2D eigenvalue weighted by Gasteiger charge is 2.10. The van der Waals surface area contributed by atoms with Gasteiger partial charge in [0.2, 0.25) is 0 Å². The number of rotatable bonds is 2. The highest BCUT2D eigenvalue weighted by atomic mass is 16.3. The highest BCUT2D eigenvalue weighted by Crippen LogP contribution is 2.30. The van der Waals surface area contributed by atoms with Crippen molar-refractivity contribution in [3.05, 3.63) is 35.9 Å². The van der Waals surface area contributed by atoms with Crippen LogP contribution < -0.4 is 5.73 Å². The van der Waals surface area contributed by atoms with Gasteiger partial charge in [-0.25, -0.2) is 0 Å². The normalized spacial score (nSPS) is 12.5. The lowest BCUT2D eigenvalue weighted by molar-refractivity contribution is 0.449. The SMILES string of the molecule is C=C[C@@H](N)c1cc(O)c(C)cc1O.